The Morgan fingerprint density at radius 2 is 1.56 bits per heavy atom. The van der Waals surface area contributed by atoms with E-state index in [1.54, 1.807) is 12.1 Å². The summed E-state index contributed by atoms with van der Waals surface area (Å²) in [5, 5.41) is 2.79. The van der Waals surface area contributed by atoms with Crippen molar-refractivity contribution in [2.45, 2.75) is 59.0 Å². The number of carbonyl (C=O) groups excluding carboxylic acids is 2. The molecule has 0 aromatic heterocycles. The van der Waals surface area contributed by atoms with Gasteiger partial charge in [-0.2, -0.15) is 0 Å². The van der Waals surface area contributed by atoms with Crippen molar-refractivity contribution in [2.75, 3.05) is 23.7 Å². The summed E-state index contributed by atoms with van der Waals surface area (Å²) in [6, 6.07) is 15.9. The van der Waals surface area contributed by atoms with Crippen molar-refractivity contribution >= 4 is 27.5 Å². The van der Waals surface area contributed by atoms with Crippen LogP contribution in [0.3, 0.4) is 0 Å². The average molecular weight is 488 g/mol. The number of amides is 2. The summed E-state index contributed by atoms with van der Waals surface area (Å²) in [5.74, 6) is -0.693. The highest BCUT2D eigenvalue weighted by Gasteiger charge is 2.31. The van der Waals surface area contributed by atoms with E-state index in [-0.39, 0.29) is 17.9 Å². The van der Waals surface area contributed by atoms with E-state index in [4.69, 9.17) is 0 Å². The highest BCUT2D eigenvalue weighted by atomic mass is 32.2. The van der Waals surface area contributed by atoms with Crippen LogP contribution in [0.2, 0.25) is 0 Å². The predicted octanol–water partition coefficient (Wildman–Crippen LogP) is 3.69. The molecule has 1 N–H and O–H groups in total. The molecule has 2 rings (SSSR count). The summed E-state index contributed by atoms with van der Waals surface area (Å²) in [4.78, 5) is 27.8. The van der Waals surface area contributed by atoms with Crippen LogP contribution in [-0.4, -0.2) is 50.5 Å². The highest BCUT2D eigenvalue weighted by molar-refractivity contribution is 7.92. The zero-order valence-electron chi connectivity index (χ0n) is 21.0. The Morgan fingerprint density at radius 1 is 0.971 bits per heavy atom. The first-order valence-corrected chi connectivity index (χ1v) is 13.4. The lowest BCUT2D eigenvalue weighted by molar-refractivity contribution is -0.140. The summed E-state index contributed by atoms with van der Waals surface area (Å²) in [6.45, 7) is 10.1. The number of hydrogen-bond donors (Lipinski definition) is 1. The zero-order valence-corrected chi connectivity index (χ0v) is 21.9. The number of hydrogen-bond acceptors (Lipinski definition) is 4. The summed E-state index contributed by atoms with van der Waals surface area (Å²) in [7, 11) is -3.75. The third-order valence-electron chi connectivity index (χ3n) is 5.63. The molecule has 0 saturated heterocycles. The molecule has 186 valence electrons. The Balaban J connectivity index is 2.41. The van der Waals surface area contributed by atoms with Gasteiger partial charge in [-0.3, -0.25) is 13.9 Å². The standard InChI is InChI=1S/C26H37N3O4S/c1-7-23(25(31)27-8-2)28(18-20-12-10-9-11-13-20)24(30)19-29(34(6,32)33)22-16-14-21(15-17-22)26(3,4)5/h9-17,23H,7-8,18-19H2,1-6H3,(H,27,31)/t23-/m1/s1. The number of likely N-dealkylation sites (N-methyl/N-ethyl adjacent to an activating group) is 1. The molecule has 2 aromatic carbocycles. The number of rotatable bonds is 10. The van der Waals surface area contributed by atoms with Crippen LogP contribution in [0.25, 0.3) is 0 Å². The molecule has 0 unspecified atom stereocenters. The molecule has 0 heterocycles. The van der Waals surface area contributed by atoms with Gasteiger partial charge in [0.25, 0.3) is 0 Å². The molecule has 1 atom stereocenters. The van der Waals surface area contributed by atoms with E-state index >= 15 is 0 Å². The summed E-state index contributed by atoms with van der Waals surface area (Å²) < 4.78 is 26.5. The van der Waals surface area contributed by atoms with Gasteiger partial charge in [-0.15, -0.1) is 0 Å². The minimum absolute atomic E-state index is 0.0856. The van der Waals surface area contributed by atoms with Gasteiger partial charge in [0, 0.05) is 13.1 Å². The van der Waals surface area contributed by atoms with E-state index in [9.17, 15) is 18.0 Å². The maximum absolute atomic E-state index is 13.6. The van der Waals surface area contributed by atoms with E-state index in [2.05, 4.69) is 26.1 Å². The third-order valence-corrected chi connectivity index (χ3v) is 6.77. The van der Waals surface area contributed by atoms with Gasteiger partial charge < -0.3 is 10.2 Å². The summed E-state index contributed by atoms with van der Waals surface area (Å²) in [5.41, 5.74) is 2.25. The number of nitrogens with zero attached hydrogens (tertiary/aromatic N) is 2. The van der Waals surface area contributed by atoms with Gasteiger partial charge in [0.2, 0.25) is 21.8 Å². The summed E-state index contributed by atoms with van der Waals surface area (Å²) in [6.07, 6.45) is 1.49. The van der Waals surface area contributed by atoms with E-state index in [0.717, 1.165) is 21.7 Å². The minimum Gasteiger partial charge on any atom is -0.355 e. The van der Waals surface area contributed by atoms with Crippen LogP contribution in [-0.2, 0) is 31.6 Å². The van der Waals surface area contributed by atoms with Gasteiger partial charge in [-0.05, 0) is 42.0 Å². The smallest absolute Gasteiger partial charge is 0.244 e. The van der Waals surface area contributed by atoms with Gasteiger partial charge in [-0.1, -0.05) is 70.2 Å². The third kappa shape index (κ3) is 7.32. The maximum Gasteiger partial charge on any atom is 0.244 e. The van der Waals surface area contributed by atoms with E-state index in [1.165, 1.54) is 4.90 Å². The van der Waals surface area contributed by atoms with Crippen molar-refractivity contribution in [1.82, 2.24) is 10.2 Å². The quantitative estimate of drug-likeness (QED) is 0.554. The molecule has 0 aliphatic carbocycles. The lowest BCUT2D eigenvalue weighted by Gasteiger charge is -2.33. The second-order valence-electron chi connectivity index (χ2n) is 9.39. The minimum atomic E-state index is -3.75. The highest BCUT2D eigenvalue weighted by Crippen LogP contribution is 2.26. The number of carbonyl (C=O) groups is 2. The molecule has 2 amide bonds. The fourth-order valence-electron chi connectivity index (χ4n) is 3.73. The second-order valence-corrected chi connectivity index (χ2v) is 11.3. The molecule has 8 heteroatoms. The molecule has 34 heavy (non-hydrogen) atoms. The molecule has 7 nitrogen and oxygen atoms in total. The first-order valence-electron chi connectivity index (χ1n) is 11.6. The van der Waals surface area contributed by atoms with Crippen LogP contribution in [0.5, 0.6) is 0 Å². The molecule has 0 radical (unpaired) electrons. The number of nitrogens with one attached hydrogen (secondary N) is 1. The predicted molar refractivity (Wildman–Crippen MR) is 137 cm³/mol. The van der Waals surface area contributed by atoms with Crippen LogP contribution < -0.4 is 9.62 Å². The topological polar surface area (TPSA) is 86.8 Å². The van der Waals surface area contributed by atoms with E-state index < -0.39 is 28.5 Å². The molecular weight excluding hydrogens is 450 g/mol. The van der Waals surface area contributed by atoms with Crippen LogP contribution in [0.15, 0.2) is 54.6 Å². The Morgan fingerprint density at radius 3 is 2.03 bits per heavy atom. The number of anilines is 1. The van der Waals surface area contributed by atoms with Crippen LogP contribution in [0, 0.1) is 0 Å². The molecule has 0 aliphatic rings. The van der Waals surface area contributed by atoms with Crippen molar-refractivity contribution in [1.29, 1.82) is 0 Å². The van der Waals surface area contributed by atoms with E-state index in [1.807, 2.05) is 56.3 Å². The average Bonchev–Trinajstić information content (AvgIpc) is 2.77. The molecular formula is C26H37N3O4S. The summed E-state index contributed by atoms with van der Waals surface area (Å²) >= 11 is 0. The largest absolute Gasteiger partial charge is 0.355 e. The van der Waals surface area contributed by atoms with Crippen LogP contribution in [0.1, 0.15) is 52.2 Å². The first-order chi connectivity index (χ1) is 15.9. The molecule has 2 aromatic rings. The molecule has 0 aliphatic heterocycles. The van der Waals surface area contributed by atoms with Crippen LogP contribution >= 0.6 is 0 Å². The van der Waals surface area contributed by atoms with Crippen molar-refractivity contribution in [3.8, 4) is 0 Å². The molecule has 0 bridgehead atoms. The Kier molecular flexibility index (Phi) is 9.27. The monoisotopic (exact) mass is 487 g/mol. The molecule has 0 fully saturated rings. The first kappa shape index (κ1) is 27.4. The van der Waals surface area contributed by atoms with Gasteiger partial charge in [-0.25, -0.2) is 8.42 Å². The Labute approximate surface area is 204 Å². The molecule has 0 spiro atoms. The normalized spacial score (nSPS) is 12.6. The lowest BCUT2D eigenvalue weighted by atomic mass is 9.87. The lowest BCUT2D eigenvalue weighted by Crippen LogP contribution is -2.52. The Hall–Kier alpha value is -2.87. The number of benzene rings is 2. The van der Waals surface area contributed by atoms with Gasteiger partial charge in [0.05, 0.1) is 11.9 Å². The van der Waals surface area contributed by atoms with Gasteiger partial charge in [0.15, 0.2) is 0 Å². The van der Waals surface area contributed by atoms with Crippen molar-refractivity contribution in [3.05, 3.63) is 65.7 Å². The van der Waals surface area contributed by atoms with Crippen molar-refractivity contribution < 1.29 is 18.0 Å². The molecule has 0 saturated carbocycles. The zero-order chi connectivity index (χ0) is 25.5. The van der Waals surface area contributed by atoms with Crippen molar-refractivity contribution in [3.63, 3.8) is 0 Å². The van der Waals surface area contributed by atoms with Gasteiger partial charge in [0.1, 0.15) is 12.6 Å². The number of sulfonamides is 1. The SMILES string of the molecule is CCNC(=O)[C@@H](CC)N(Cc1ccccc1)C(=O)CN(c1ccc(C(C)(C)C)cc1)S(C)(=O)=O. The van der Waals surface area contributed by atoms with Crippen molar-refractivity contribution in [2.24, 2.45) is 0 Å². The van der Waals surface area contributed by atoms with Crippen LogP contribution in [0.4, 0.5) is 5.69 Å². The Bertz CT molecular complexity index is 1060. The maximum atomic E-state index is 13.6. The van der Waals surface area contributed by atoms with Gasteiger partial charge >= 0.3 is 0 Å². The second kappa shape index (κ2) is 11.5. The van der Waals surface area contributed by atoms with E-state index in [0.29, 0.717) is 18.7 Å². The fourth-order valence-corrected chi connectivity index (χ4v) is 4.58. The fraction of sp³-hybridized carbons (Fsp3) is 0.462.